The average Bonchev–Trinajstić information content (AvgIpc) is 3.01. The lowest BCUT2D eigenvalue weighted by Gasteiger charge is -2.56. The van der Waals surface area contributed by atoms with Gasteiger partial charge < -0.3 is 14.7 Å². The second kappa shape index (κ2) is 11.3. The molecule has 5 nitrogen and oxygen atoms in total. The third-order valence-corrected chi connectivity index (χ3v) is 10.8. The van der Waals surface area contributed by atoms with Crippen LogP contribution in [0.1, 0.15) is 93.9 Å². The molecule has 0 radical (unpaired) electrons. The first-order valence-corrected chi connectivity index (χ1v) is 14.5. The number of hydrogen-bond donors (Lipinski definition) is 1. The van der Waals surface area contributed by atoms with Gasteiger partial charge in [0.1, 0.15) is 5.78 Å². The van der Waals surface area contributed by atoms with Crippen molar-refractivity contribution in [3.05, 3.63) is 11.6 Å². The van der Waals surface area contributed by atoms with Gasteiger partial charge in [-0.05, 0) is 76.3 Å². The molecule has 0 bridgehead atoms. The summed E-state index contributed by atoms with van der Waals surface area (Å²) in [5.41, 5.74) is 1.22. The smallest absolute Gasteiger partial charge is 0.186 e. The number of ketones is 1. The molecule has 36 heavy (non-hydrogen) atoms. The van der Waals surface area contributed by atoms with Crippen molar-refractivity contribution in [3.63, 3.8) is 0 Å². The van der Waals surface area contributed by atoms with Crippen molar-refractivity contribution >= 4 is 11.7 Å². The van der Waals surface area contributed by atoms with E-state index in [1.807, 2.05) is 0 Å². The highest BCUT2D eigenvalue weighted by Crippen LogP contribution is 2.67. The minimum absolute atomic E-state index is 0.0317. The summed E-state index contributed by atoms with van der Waals surface area (Å²) < 4.78 is 5.72. The Labute approximate surface area is 221 Å². The summed E-state index contributed by atoms with van der Waals surface area (Å²) in [4.78, 5) is 20.4. The summed E-state index contributed by atoms with van der Waals surface area (Å²) >= 11 is 0. The molecule has 1 heterocycles. The molecule has 1 aliphatic heterocycles. The highest BCUT2D eigenvalue weighted by Gasteiger charge is 2.66. The molecule has 1 N–H and O–H groups in total. The summed E-state index contributed by atoms with van der Waals surface area (Å²) in [6.07, 6.45) is 7.51. The van der Waals surface area contributed by atoms with Gasteiger partial charge in [0.05, 0.1) is 18.8 Å². The number of aliphatic hydroxyl groups excluding tert-OH is 1. The Hall–Kier alpha value is -1.20. The third kappa shape index (κ3) is 5.48. The van der Waals surface area contributed by atoms with Crippen LogP contribution in [0.15, 0.2) is 16.6 Å². The van der Waals surface area contributed by atoms with Gasteiger partial charge in [0, 0.05) is 36.6 Å². The first-order chi connectivity index (χ1) is 16.7. The molecule has 0 amide bonds. The molecular weight excluding hydrogens is 448 g/mol. The van der Waals surface area contributed by atoms with Gasteiger partial charge in [-0.15, -0.1) is 0 Å². The third-order valence-electron chi connectivity index (χ3n) is 10.8. The second-order valence-corrected chi connectivity index (χ2v) is 13.4. The van der Waals surface area contributed by atoms with Gasteiger partial charge in [-0.1, -0.05) is 53.2 Å². The van der Waals surface area contributed by atoms with Crippen LogP contribution < -0.4 is 0 Å². The lowest BCUT2D eigenvalue weighted by molar-refractivity contribution is -0.146. The van der Waals surface area contributed by atoms with Crippen molar-refractivity contribution in [2.75, 3.05) is 20.7 Å². The lowest BCUT2D eigenvalue weighted by Crippen LogP contribution is -2.55. The number of allylic oxidation sites excluding steroid dienone is 1. The standard InChI is InChI=1S/C31H54N2O3/c1-19(2)29-32-24(15-16-36-29)13-11-20(3)21(4)12-14-25-22(5)26(34)17-31(8)28(23(6)33(9)10)27(35)18-30(25,31)7/h11,19,21-25,27-28,35H,12-18H2,1-10H3/b20-11-/t21?,22?,23-,24?,25?,27+,28?,30-,31?/m0/s1. The molecule has 5 heteroatoms. The Balaban J connectivity index is 1.72. The first kappa shape index (κ1) is 29.4. The van der Waals surface area contributed by atoms with E-state index in [1.165, 1.54) is 5.57 Å². The molecule has 0 spiro atoms. The number of hydrogen-bond acceptors (Lipinski definition) is 5. The minimum Gasteiger partial charge on any atom is -0.481 e. The fraction of sp³-hybridized carbons (Fsp3) is 0.871. The first-order valence-electron chi connectivity index (χ1n) is 14.5. The van der Waals surface area contributed by atoms with E-state index < -0.39 is 0 Å². The van der Waals surface area contributed by atoms with Crippen molar-refractivity contribution in [1.29, 1.82) is 0 Å². The minimum atomic E-state index is -0.354. The molecule has 3 aliphatic rings. The predicted molar refractivity (Wildman–Crippen MR) is 149 cm³/mol. The number of rotatable bonds is 9. The quantitative estimate of drug-likeness (QED) is 0.384. The summed E-state index contributed by atoms with van der Waals surface area (Å²) in [6.45, 7) is 18.7. The van der Waals surface area contributed by atoms with E-state index in [1.54, 1.807) is 0 Å². The Kier molecular flexibility index (Phi) is 9.19. The van der Waals surface area contributed by atoms with Crippen molar-refractivity contribution in [3.8, 4) is 0 Å². The fourth-order valence-corrected chi connectivity index (χ4v) is 7.79. The zero-order valence-corrected chi connectivity index (χ0v) is 24.8. The summed E-state index contributed by atoms with van der Waals surface area (Å²) in [5, 5.41) is 11.3. The fourth-order valence-electron chi connectivity index (χ4n) is 7.79. The van der Waals surface area contributed by atoms with Crippen molar-refractivity contribution < 1.29 is 14.6 Å². The number of aliphatic hydroxyl groups is 1. The van der Waals surface area contributed by atoms with E-state index in [4.69, 9.17) is 9.73 Å². The average molecular weight is 503 g/mol. The number of carbonyl (C=O) groups excluding carboxylic acids is 1. The van der Waals surface area contributed by atoms with Crippen LogP contribution in [0.5, 0.6) is 0 Å². The summed E-state index contributed by atoms with van der Waals surface area (Å²) in [7, 11) is 4.18. The Morgan fingerprint density at radius 3 is 2.50 bits per heavy atom. The molecule has 2 fully saturated rings. The number of ether oxygens (including phenoxy) is 1. The maximum Gasteiger partial charge on any atom is 0.186 e. The van der Waals surface area contributed by atoms with Crippen LogP contribution in [0, 0.1) is 40.4 Å². The SMILES string of the molecule is C/C(=C/CC1CCOC(C(C)C)=N1)C(C)CCC1C(C)C(=O)CC2(C)C([C@H](C)N(C)C)[C@H](O)C[C@@]12C. The molecule has 0 saturated heterocycles. The zero-order valence-electron chi connectivity index (χ0n) is 24.8. The lowest BCUT2D eigenvalue weighted by atomic mass is 9.48. The van der Waals surface area contributed by atoms with Crippen LogP contribution in [0.25, 0.3) is 0 Å². The van der Waals surface area contributed by atoms with E-state index in [9.17, 15) is 9.90 Å². The van der Waals surface area contributed by atoms with E-state index >= 15 is 0 Å². The molecule has 0 aromatic carbocycles. The van der Waals surface area contributed by atoms with E-state index in [0.29, 0.717) is 36.0 Å². The summed E-state index contributed by atoms with van der Waals surface area (Å²) in [6, 6.07) is 0.561. The molecule has 3 rings (SSSR count). The molecule has 0 aromatic heterocycles. The van der Waals surface area contributed by atoms with Gasteiger partial charge in [-0.3, -0.25) is 9.79 Å². The van der Waals surface area contributed by atoms with Gasteiger partial charge in [-0.2, -0.15) is 0 Å². The predicted octanol–water partition coefficient (Wildman–Crippen LogP) is 6.15. The number of aliphatic imine (C=N–C) groups is 1. The second-order valence-electron chi connectivity index (χ2n) is 13.4. The molecule has 2 aliphatic carbocycles. The highest BCUT2D eigenvalue weighted by molar-refractivity contribution is 5.83. The molecular formula is C31H54N2O3. The molecule has 9 atom stereocenters. The number of nitrogens with zero attached hydrogens (tertiary/aromatic N) is 2. The topological polar surface area (TPSA) is 62.1 Å². The zero-order chi connectivity index (χ0) is 27.0. The van der Waals surface area contributed by atoms with E-state index in [-0.39, 0.29) is 34.8 Å². The maximum atomic E-state index is 13.3. The van der Waals surface area contributed by atoms with Crippen molar-refractivity contribution in [1.82, 2.24) is 4.90 Å². The van der Waals surface area contributed by atoms with Gasteiger partial charge in [0.2, 0.25) is 0 Å². The van der Waals surface area contributed by atoms with E-state index in [2.05, 4.69) is 80.5 Å². The van der Waals surface area contributed by atoms with Crippen LogP contribution in [0.3, 0.4) is 0 Å². The molecule has 0 aromatic rings. The monoisotopic (exact) mass is 502 g/mol. The van der Waals surface area contributed by atoms with Gasteiger partial charge in [-0.25, -0.2) is 0 Å². The number of carbonyl (C=O) groups is 1. The van der Waals surface area contributed by atoms with Crippen molar-refractivity contribution in [2.45, 2.75) is 112 Å². The Morgan fingerprint density at radius 2 is 1.89 bits per heavy atom. The number of Topliss-reactive ketones (excluding diaryl/α,β-unsaturated/α-hetero) is 1. The van der Waals surface area contributed by atoms with Crippen molar-refractivity contribution in [2.24, 2.45) is 45.4 Å². The van der Waals surface area contributed by atoms with Crippen LogP contribution in [0.2, 0.25) is 0 Å². The Bertz CT molecular complexity index is 849. The van der Waals surface area contributed by atoms with Gasteiger partial charge in [0.15, 0.2) is 5.90 Å². The molecule has 6 unspecified atom stereocenters. The largest absolute Gasteiger partial charge is 0.481 e. The highest BCUT2D eigenvalue weighted by atomic mass is 16.5. The van der Waals surface area contributed by atoms with Crippen LogP contribution >= 0.6 is 0 Å². The van der Waals surface area contributed by atoms with Gasteiger partial charge in [0.25, 0.3) is 0 Å². The van der Waals surface area contributed by atoms with E-state index in [0.717, 1.165) is 44.6 Å². The van der Waals surface area contributed by atoms with Crippen LogP contribution in [-0.2, 0) is 9.53 Å². The maximum absolute atomic E-state index is 13.3. The number of fused-ring (bicyclic) bond motifs is 1. The van der Waals surface area contributed by atoms with Gasteiger partial charge >= 0.3 is 0 Å². The van der Waals surface area contributed by atoms with Crippen LogP contribution in [-0.4, -0.2) is 60.6 Å². The normalized spacial score (nSPS) is 39.1. The summed E-state index contributed by atoms with van der Waals surface area (Å²) in [5.74, 6) is 2.60. The van der Waals surface area contributed by atoms with Crippen LogP contribution in [0.4, 0.5) is 0 Å². The molecule has 206 valence electrons. The molecule has 2 saturated carbocycles. The Morgan fingerprint density at radius 1 is 1.22 bits per heavy atom.